The summed E-state index contributed by atoms with van der Waals surface area (Å²) in [7, 11) is 1.73. The van der Waals surface area contributed by atoms with Crippen molar-refractivity contribution < 1.29 is 30.0 Å². The number of rotatable bonds is 6. The first-order valence-electron chi connectivity index (χ1n) is 13.3. The molecule has 0 heterocycles. The molecule has 0 aliphatic heterocycles. The maximum Gasteiger partial charge on any atom is 0.159 e. The topological polar surface area (TPSA) is 107 Å². The fraction of sp³-hybridized carbons (Fsp3) is 0.893. The summed E-state index contributed by atoms with van der Waals surface area (Å²) in [5, 5.41) is 43.3. The van der Waals surface area contributed by atoms with Gasteiger partial charge in [0, 0.05) is 18.4 Å². The molecule has 3 fully saturated rings. The van der Waals surface area contributed by atoms with Crippen molar-refractivity contribution in [2.75, 3.05) is 7.11 Å². The Morgan fingerprint density at radius 1 is 1.15 bits per heavy atom. The molecule has 2 unspecified atom stereocenters. The maximum atomic E-state index is 13.3. The number of ether oxygens (including phenoxy) is 1. The van der Waals surface area contributed by atoms with E-state index in [2.05, 4.69) is 20.8 Å². The van der Waals surface area contributed by atoms with Gasteiger partial charge < -0.3 is 25.2 Å². The Hall–Kier alpha value is -0.790. The highest BCUT2D eigenvalue weighted by Gasteiger charge is 2.67. The van der Waals surface area contributed by atoms with E-state index >= 15 is 0 Å². The summed E-state index contributed by atoms with van der Waals surface area (Å²) < 4.78 is 5.90. The Morgan fingerprint density at radius 3 is 2.44 bits per heavy atom. The van der Waals surface area contributed by atoms with Gasteiger partial charge in [-0.2, -0.15) is 0 Å². The van der Waals surface area contributed by atoms with E-state index in [0.29, 0.717) is 25.7 Å². The molecule has 194 valence electrons. The quantitative estimate of drug-likeness (QED) is 0.466. The average molecular weight is 479 g/mol. The van der Waals surface area contributed by atoms with E-state index in [4.69, 9.17) is 4.74 Å². The molecule has 4 aliphatic rings. The SMILES string of the molecule is CO[C@H](CCC(C)(C)O)C(C)[C@H]1CC[C@@]2(O)C3=CC(=O)[C@@H]4C[C@@H](O)[C@@H](O)C[C@]4(C)C3CC[C@]12C. The van der Waals surface area contributed by atoms with Crippen LogP contribution in [-0.4, -0.2) is 62.8 Å². The summed E-state index contributed by atoms with van der Waals surface area (Å²) in [6.45, 7) is 10.1. The van der Waals surface area contributed by atoms with Crippen LogP contribution in [0.2, 0.25) is 0 Å². The van der Waals surface area contributed by atoms with E-state index in [9.17, 15) is 25.2 Å². The third-order valence-corrected chi connectivity index (χ3v) is 10.8. The predicted molar refractivity (Wildman–Crippen MR) is 130 cm³/mol. The minimum Gasteiger partial charge on any atom is -0.390 e. The van der Waals surface area contributed by atoms with E-state index in [1.807, 2.05) is 13.8 Å². The molecule has 0 spiro atoms. The standard InChI is InChI=1S/C28H46O6/c1-16(24(34-6)9-10-25(2,3)32)17-8-12-28(33)19-13-21(29)20-14-22(30)23(31)15-26(20,4)18(19)7-11-27(17,28)5/h13,16-18,20,22-24,30-33H,7-12,14-15H2,1-6H3/t16?,17-,18?,20+,22-,23+,24-,26-,27-,28-/m1/s1. The molecule has 0 radical (unpaired) electrons. The first-order chi connectivity index (χ1) is 15.7. The Labute approximate surface area is 204 Å². The molecule has 0 aromatic rings. The van der Waals surface area contributed by atoms with Gasteiger partial charge in [0.25, 0.3) is 0 Å². The van der Waals surface area contributed by atoms with Crippen molar-refractivity contribution in [2.45, 2.75) is 115 Å². The third kappa shape index (κ3) is 3.92. The molecule has 4 rings (SSSR count). The lowest BCUT2D eigenvalue weighted by Crippen LogP contribution is -2.61. The highest BCUT2D eigenvalue weighted by Crippen LogP contribution is 2.68. The molecular formula is C28H46O6. The first kappa shape index (κ1) is 26.3. The monoisotopic (exact) mass is 478 g/mol. The van der Waals surface area contributed by atoms with Crippen molar-refractivity contribution in [3.8, 4) is 0 Å². The number of fused-ring (bicyclic) bond motifs is 5. The molecule has 0 saturated heterocycles. The molecule has 0 bridgehead atoms. The Bertz CT molecular complexity index is 831. The van der Waals surface area contributed by atoms with Crippen LogP contribution >= 0.6 is 0 Å². The van der Waals surface area contributed by atoms with Gasteiger partial charge in [-0.15, -0.1) is 0 Å². The Morgan fingerprint density at radius 2 is 1.82 bits per heavy atom. The number of carbonyl (C=O) groups excluding carboxylic acids is 1. The zero-order valence-electron chi connectivity index (χ0n) is 21.9. The van der Waals surface area contributed by atoms with Gasteiger partial charge >= 0.3 is 0 Å². The van der Waals surface area contributed by atoms with Crippen LogP contribution in [0, 0.1) is 34.5 Å². The fourth-order valence-corrected chi connectivity index (χ4v) is 8.60. The highest BCUT2D eigenvalue weighted by molar-refractivity contribution is 5.95. The molecule has 0 aromatic carbocycles. The van der Waals surface area contributed by atoms with E-state index in [1.165, 1.54) is 0 Å². The fourth-order valence-electron chi connectivity index (χ4n) is 8.60. The summed E-state index contributed by atoms with van der Waals surface area (Å²) in [6, 6.07) is 0. The van der Waals surface area contributed by atoms with E-state index in [0.717, 1.165) is 31.3 Å². The zero-order chi connectivity index (χ0) is 25.3. The summed E-state index contributed by atoms with van der Waals surface area (Å²) in [6.07, 6.45) is 5.35. The molecule has 6 nitrogen and oxygen atoms in total. The summed E-state index contributed by atoms with van der Waals surface area (Å²) in [5.41, 5.74) is -1.73. The number of aliphatic hydroxyl groups is 4. The van der Waals surface area contributed by atoms with E-state index in [1.54, 1.807) is 13.2 Å². The zero-order valence-corrected chi connectivity index (χ0v) is 21.9. The number of ketones is 1. The van der Waals surface area contributed by atoms with Gasteiger partial charge in [0.2, 0.25) is 0 Å². The second-order valence-electron chi connectivity index (χ2n) is 13.1. The van der Waals surface area contributed by atoms with Crippen LogP contribution in [0.1, 0.15) is 86.0 Å². The second kappa shape index (κ2) is 8.65. The van der Waals surface area contributed by atoms with E-state index < -0.39 is 28.8 Å². The van der Waals surface area contributed by atoms with Gasteiger partial charge in [0.15, 0.2) is 5.78 Å². The predicted octanol–water partition coefficient (Wildman–Crippen LogP) is 3.39. The van der Waals surface area contributed by atoms with Gasteiger partial charge in [-0.1, -0.05) is 20.8 Å². The van der Waals surface area contributed by atoms with Gasteiger partial charge in [-0.3, -0.25) is 4.79 Å². The lowest BCUT2D eigenvalue weighted by molar-refractivity contribution is -0.154. The molecule has 34 heavy (non-hydrogen) atoms. The molecule has 6 heteroatoms. The van der Waals surface area contributed by atoms with Crippen LogP contribution < -0.4 is 0 Å². The van der Waals surface area contributed by atoms with Crippen LogP contribution in [0.3, 0.4) is 0 Å². The van der Waals surface area contributed by atoms with Crippen molar-refractivity contribution >= 4 is 5.78 Å². The molecule has 0 aromatic heterocycles. The first-order valence-corrected chi connectivity index (χ1v) is 13.3. The van der Waals surface area contributed by atoms with E-state index in [-0.39, 0.29) is 41.0 Å². The minimum absolute atomic E-state index is 0.00572. The van der Waals surface area contributed by atoms with Gasteiger partial charge in [0.05, 0.1) is 29.5 Å². The van der Waals surface area contributed by atoms with Crippen LogP contribution in [0.4, 0.5) is 0 Å². The number of hydrogen-bond donors (Lipinski definition) is 4. The van der Waals surface area contributed by atoms with Gasteiger partial charge in [0.1, 0.15) is 0 Å². The normalized spacial score (nSPS) is 46.2. The molecule has 0 amide bonds. The lowest BCUT2D eigenvalue weighted by atomic mass is 9.46. The van der Waals surface area contributed by atoms with Crippen molar-refractivity contribution in [2.24, 2.45) is 34.5 Å². The van der Waals surface area contributed by atoms with Crippen LogP contribution in [0.15, 0.2) is 11.6 Å². The van der Waals surface area contributed by atoms with Crippen LogP contribution in [0.25, 0.3) is 0 Å². The lowest BCUT2D eigenvalue weighted by Gasteiger charge is -2.60. The number of methoxy groups -OCH3 is 1. The van der Waals surface area contributed by atoms with Crippen molar-refractivity contribution in [3.05, 3.63) is 11.6 Å². The summed E-state index contributed by atoms with van der Waals surface area (Å²) >= 11 is 0. The maximum absolute atomic E-state index is 13.3. The number of hydrogen-bond acceptors (Lipinski definition) is 6. The van der Waals surface area contributed by atoms with Crippen LogP contribution in [0.5, 0.6) is 0 Å². The second-order valence-corrected chi connectivity index (χ2v) is 13.1. The van der Waals surface area contributed by atoms with Gasteiger partial charge in [-0.05, 0) is 100 Å². The number of carbonyl (C=O) groups is 1. The molecular weight excluding hydrogens is 432 g/mol. The molecule has 3 saturated carbocycles. The minimum atomic E-state index is -1.05. The third-order valence-electron chi connectivity index (χ3n) is 10.8. The van der Waals surface area contributed by atoms with Crippen molar-refractivity contribution in [3.63, 3.8) is 0 Å². The molecule has 4 N–H and O–H groups in total. The summed E-state index contributed by atoms with van der Waals surface area (Å²) in [5.74, 6) is 0.179. The largest absolute Gasteiger partial charge is 0.390 e. The average Bonchev–Trinajstić information content (AvgIpc) is 3.01. The number of allylic oxidation sites excluding steroid dienone is 1. The summed E-state index contributed by atoms with van der Waals surface area (Å²) in [4.78, 5) is 13.3. The Kier molecular flexibility index (Phi) is 6.69. The van der Waals surface area contributed by atoms with Crippen LogP contribution in [-0.2, 0) is 9.53 Å². The van der Waals surface area contributed by atoms with Crippen molar-refractivity contribution in [1.29, 1.82) is 0 Å². The number of aliphatic hydroxyl groups excluding tert-OH is 2. The Balaban J connectivity index is 1.64. The van der Waals surface area contributed by atoms with Crippen molar-refractivity contribution in [1.82, 2.24) is 0 Å². The molecule has 4 aliphatic carbocycles. The smallest absolute Gasteiger partial charge is 0.159 e. The van der Waals surface area contributed by atoms with Gasteiger partial charge in [-0.25, -0.2) is 0 Å². The molecule has 10 atom stereocenters. The highest BCUT2D eigenvalue weighted by atomic mass is 16.5.